The maximum atomic E-state index is 14.8. The van der Waals surface area contributed by atoms with E-state index in [4.69, 9.17) is 0 Å². The first-order valence-corrected chi connectivity index (χ1v) is 8.35. The first-order valence-electron chi connectivity index (χ1n) is 8.35. The van der Waals surface area contributed by atoms with Crippen LogP contribution in [0.25, 0.3) is 5.57 Å². The van der Waals surface area contributed by atoms with Crippen LogP contribution in [0.1, 0.15) is 29.2 Å². The van der Waals surface area contributed by atoms with Gasteiger partial charge in [0.05, 0.1) is 6.61 Å². The zero-order chi connectivity index (χ0) is 21.6. The number of allylic oxidation sites excluding steroid dienone is 6. The van der Waals surface area contributed by atoms with Gasteiger partial charge in [-0.05, 0) is 62.1 Å². The van der Waals surface area contributed by atoms with E-state index in [1.165, 1.54) is 6.92 Å². The molecule has 0 saturated carbocycles. The van der Waals surface area contributed by atoms with Crippen LogP contribution in [0.15, 0.2) is 54.2 Å². The van der Waals surface area contributed by atoms with Gasteiger partial charge < -0.3 is 4.74 Å². The number of aryl methyl sites for hydroxylation is 2. The van der Waals surface area contributed by atoms with Crippen molar-refractivity contribution in [1.29, 1.82) is 0 Å². The van der Waals surface area contributed by atoms with Gasteiger partial charge >= 0.3 is 12.1 Å². The number of carbonyl (C=O) groups excluding carboxylic acids is 1. The van der Waals surface area contributed by atoms with Gasteiger partial charge in [-0.3, -0.25) is 0 Å². The monoisotopic (exact) mass is 400 g/mol. The van der Waals surface area contributed by atoms with Gasteiger partial charge in [-0.15, -0.1) is 0 Å². The van der Waals surface area contributed by atoms with Crippen LogP contribution in [0.2, 0.25) is 0 Å². The van der Waals surface area contributed by atoms with Gasteiger partial charge in [-0.25, -0.2) is 13.6 Å². The Hall–Kier alpha value is -2.70. The molecule has 2 nitrogen and oxygen atoms in total. The van der Waals surface area contributed by atoms with Gasteiger partial charge in [0.25, 0.3) is 0 Å². The molecule has 28 heavy (non-hydrogen) atoms. The van der Waals surface area contributed by atoms with Gasteiger partial charge in [0.2, 0.25) is 0 Å². The lowest BCUT2D eigenvalue weighted by molar-refractivity contribution is -0.137. The Morgan fingerprint density at radius 2 is 1.68 bits per heavy atom. The molecular weight excluding hydrogens is 379 g/mol. The summed E-state index contributed by atoms with van der Waals surface area (Å²) in [7, 11) is 0. The van der Waals surface area contributed by atoms with E-state index in [0.29, 0.717) is 34.9 Å². The Morgan fingerprint density at radius 1 is 1.11 bits per heavy atom. The van der Waals surface area contributed by atoms with Crippen LogP contribution in [-0.2, 0) is 9.53 Å². The zero-order valence-corrected chi connectivity index (χ0v) is 16.0. The molecule has 0 aliphatic heterocycles. The first-order chi connectivity index (χ1) is 12.9. The second-order valence-electron chi connectivity index (χ2n) is 6.03. The molecule has 0 spiro atoms. The summed E-state index contributed by atoms with van der Waals surface area (Å²) in [6.07, 6.45) is -3.18. The van der Waals surface area contributed by atoms with Crippen LogP contribution in [0.5, 0.6) is 0 Å². The minimum Gasteiger partial charge on any atom is -0.463 e. The van der Waals surface area contributed by atoms with Crippen molar-refractivity contribution < 1.29 is 31.5 Å². The quantitative estimate of drug-likeness (QED) is 0.240. The van der Waals surface area contributed by atoms with Crippen LogP contribution >= 0.6 is 0 Å². The van der Waals surface area contributed by atoms with E-state index in [-0.39, 0.29) is 12.2 Å². The van der Waals surface area contributed by atoms with Crippen molar-refractivity contribution in [3.63, 3.8) is 0 Å². The number of benzene rings is 1. The fourth-order valence-electron chi connectivity index (χ4n) is 2.40. The van der Waals surface area contributed by atoms with Crippen LogP contribution < -0.4 is 0 Å². The van der Waals surface area contributed by atoms with E-state index in [9.17, 15) is 26.7 Å². The highest BCUT2D eigenvalue weighted by Gasteiger charge is 2.32. The molecule has 0 aromatic heterocycles. The molecule has 152 valence electrons. The van der Waals surface area contributed by atoms with Gasteiger partial charge in [-0.1, -0.05) is 18.7 Å². The Morgan fingerprint density at radius 3 is 2.21 bits per heavy atom. The Labute approximate surface area is 160 Å². The van der Waals surface area contributed by atoms with Crippen molar-refractivity contribution in [1.82, 2.24) is 0 Å². The third-order valence-electron chi connectivity index (χ3n) is 3.99. The SMILES string of the molecule is C=C(\C=C(/C(F)=C(F)/C=C\C(=O)OCC)c1c(C)ccc(C)c1C)C(F)(F)F. The summed E-state index contributed by atoms with van der Waals surface area (Å²) >= 11 is 0. The van der Waals surface area contributed by atoms with E-state index in [0.717, 1.165) is 0 Å². The Bertz CT molecular complexity index is 858. The normalized spacial score (nSPS) is 13.5. The molecule has 0 bridgehead atoms. The van der Waals surface area contributed by atoms with Crippen LogP contribution in [0, 0.1) is 20.8 Å². The third-order valence-corrected chi connectivity index (χ3v) is 3.99. The number of esters is 1. The fraction of sp³-hybridized carbons (Fsp3) is 0.286. The molecule has 0 N–H and O–H groups in total. The molecule has 0 amide bonds. The standard InChI is InChI=1S/C21H21F5O2/c1-6-28-18(27)10-9-17(22)20(23)16(11-14(4)21(24,25)26)19-13(3)8-7-12(2)15(19)5/h7-11H,4,6H2,1-3,5H3/b10-9-,16-11-,20-17+. The van der Waals surface area contributed by atoms with E-state index in [1.807, 2.05) is 0 Å². The molecule has 0 aliphatic carbocycles. The molecule has 0 fully saturated rings. The smallest absolute Gasteiger partial charge is 0.415 e. The van der Waals surface area contributed by atoms with E-state index >= 15 is 0 Å². The molecule has 0 aliphatic rings. The molecule has 0 radical (unpaired) electrons. The maximum Gasteiger partial charge on any atom is 0.415 e. The summed E-state index contributed by atoms with van der Waals surface area (Å²) in [5.74, 6) is -3.95. The molecule has 1 rings (SSSR count). The van der Waals surface area contributed by atoms with Crippen LogP contribution in [0.3, 0.4) is 0 Å². The molecule has 0 saturated heterocycles. The average Bonchev–Trinajstić information content (AvgIpc) is 2.60. The van der Waals surface area contributed by atoms with E-state index < -0.39 is 34.9 Å². The van der Waals surface area contributed by atoms with E-state index in [2.05, 4.69) is 11.3 Å². The number of halogens is 5. The number of alkyl halides is 3. The van der Waals surface area contributed by atoms with Crippen molar-refractivity contribution in [2.75, 3.05) is 6.61 Å². The highest BCUT2D eigenvalue weighted by molar-refractivity contribution is 5.85. The molecule has 1 aromatic rings. The first kappa shape index (κ1) is 23.3. The van der Waals surface area contributed by atoms with Gasteiger partial charge in [-0.2, -0.15) is 13.2 Å². The predicted octanol–water partition coefficient (Wildman–Crippen LogP) is 6.38. The second-order valence-corrected chi connectivity index (χ2v) is 6.03. The highest BCUT2D eigenvalue weighted by atomic mass is 19.4. The molecule has 0 unspecified atom stereocenters. The molecule has 7 heteroatoms. The summed E-state index contributed by atoms with van der Waals surface area (Å²) in [5, 5.41) is 0. The van der Waals surface area contributed by atoms with Gasteiger partial charge in [0, 0.05) is 17.2 Å². The average molecular weight is 400 g/mol. The lowest BCUT2D eigenvalue weighted by Gasteiger charge is -2.16. The number of carbonyl (C=O) groups is 1. The van der Waals surface area contributed by atoms with Crippen molar-refractivity contribution in [2.24, 2.45) is 0 Å². The van der Waals surface area contributed by atoms with Crippen LogP contribution in [0.4, 0.5) is 22.0 Å². The largest absolute Gasteiger partial charge is 0.463 e. The summed E-state index contributed by atoms with van der Waals surface area (Å²) < 4.78 is 72.6. The van der Waals surface area contributed by atoms with Crippen LogP contribution in [-0.4, -0.2) is 18.8 Å². The van der Waals surface area contributed by atoms with Crippen molar-refractivity contribution in [3.8, 4) is 0 Å². The summed E-state index contributed by atoms with van der Waals surface area (Å²) in [5.41, 5.74) is -0.158. The molecule has 1 aromatic carbocycles. The van der Waals surface area contributed by atoms with Crippen molar-refractivity contribution in [2.45, 2.75) is 33.9 Å². The predicted molar refractivity (Wildman–Crippen MR) is 98.8 cm³/mol. The lowest BCUT2D eigenvalue weighted by atomic mass is 9.90. The number of ether oxygens (including phenoxy) is 1. The second kappa shape index (κ2) is 9.48. The lowest BCUT2D eigenvalue weighted by Crippen LogP contribution is -2.10. The Kier molecular flexibility index (Phi) is 7.90. The van der Waals surface area contributed by atoms with Gasteiger partial charge in [0.1, 0.15) is 0 Å². The van der Waals surface area contributed by atoms with Gasteiger partial charge in [0.15, 0.2) is 11.7 Å². The minimum atomic E-state index is -4.81. The topological polar surface area (TPSA) is 26.3 Å². The van der Waals surface area contributed by atoms with E-state index in [1.54, 1.807) is 32.9 Å². The zero-order valence-electron chi connectivity index (χ0n) is 16.0. The highest BCUT2D eigenvalue weighted by Crippen LogP contribution is 2.37. The fourth-order valence-corrected chi connectivity index (χ4v) is 2.40. The summed E-state index contributed by atoms with van der Waals surface area (Å²) in [6.45, 7) is 9.35. The Balaban J connectivity index is 3.64. The molecular formula is C21H21F5O2. The summed E-state index contributed by atoms with van der Waals surface area (Å²) in [4.78, 5) is 11.3. The van der Waals surface area contributed by atoms with Crippen molar-refractivity contribution >= 4 is 11.5 Å². The minimum absolute atomic E-state index is 0.0369. The number of hydrogen-bond acceptors (Lipinski definition) is 2. The third kappa shape index (κ3) is 5.90. The molecule has 0 heterocycles. The van der Waals surface area contributed by atoms with Crippen molar-refractivity contribution in [3.05, 3.63) is 76.4 Å². The number of rotatable bonds is 6. The number of hydrogen-bond donors (Lipinski definition) is 0. The molecule has 0 atom stereocenters. The maximum absolute atomic E-state index is 14.8. The summed E-state index contributed by atoms with van der Waals surface area (Å²) in [6, 6.07) is 3.32.